The minimum absolute atomic E-state index is 0.144. The molecule has 1 N–H and O–H groups in total. The molecule has 2 aromatic rings. The zero-order chi connectivity index (χ0) is 17.8. The molecule has 1 aliphatic rings. The number of halogens is 2. The second-order valence-electron chi connectivity index (χ2n) is 6.05. The third-order valence-corrected chi connectivity index (χ3v) is 4.62. The first-order chi connectivity index (χ1) is 12.1. The maximum Gasteiger partial charge on any atom is 0.148 e. The van der Waals surface area contributed by atoms with Crippen molar-refractivity contribution in [2.45, 2.75) is 6.04 Å². The Hall–Kier alpha value is -2.47. The number of hydrogen-bond donors (Lipinski definition) is 1. The summed E-state index contributed by atoms with van der Waals surface area (Å²) in [5.41, 5.74) is 1.35. The van der Waals surface area contributed by atoms with Gasteiger partial charge in [-0.05, 0) is 5.56 Å². The van der Waals surface area contributed by atoms with E-state index in [1.165, 1.54) is 12.1 Å². The normalized spacial score (nSPS) is 16.5. The van der Waals surface area contributed by atoms with Crippen LogP contribution in [-0.2, 0) is 4.79 Å². The van der Waals surface area contributed by atoms with Crippen LogP contribution in [0.4, 0.5) is 20.2 Å². The summed E-state index contributed by atoms with van der Waals surface area (Å²) >= 11 is 0. The number of anilines is 2. The van der Waals surface area contributed by atoms with Crippen LogP contribution in [0.1, 0.15) is 11.6 Å². The molecular weight excluding hydrogens is 324 g/mol. The zero-order valence-electron chi connectivity index (χ0n) is 14.1. The molecule has 1 aliphatic heterocycles. The highest BCUT2D eigenvalue weighted by Gasteiger charge is 2.26. The molecule has 3 rings (SSSR count). The minimum Gasteiger partial charge on any atom is -0.386 e. The monoisotopic (exact) mass is 345 g/mol. The van der Waals surface area contributed by atoms with E-state index in [9.17, 15) is 13.6 Å². The van der Waals surface area contributed by atoms with Crippen LogP contribution in [0, 0.1) is 11.6 Å². The maximum absolute atomic E-state index is 14.3. The van der Waals surface area contributed by atoms with Crippen molar-refractivity contribution in [2.24, 2.45) is 0 Å². The molecule has 1 fully saturated rings. The van der Waals surface area contributed by atoms with Gasteiger partial charge in [-0.2, -0.15) is 0 Å². The molecule has 0 aliphatic carbocycles. The molecule has 0 bridgehead atoms. The van der Waals surface area contributed by atoms with Gasteiger partial charge in [0.1, 0.15) is 17.9 Å². The molecule has 0 amide bonds. The van der Waals surface area contributed by atoms with Crippen LogP contribution in [0.2, 0.25) is 0 Å². The summed E-state index contributed by atoms with van der Waals surface area (Å²) in [5.74, 6) is -0.925. The van der Waals surface area contributed by atoms with Crippen molar-refractivity contribution in [3.63, 3.8) is 0 Å². The summed E-state index contributed by atoms with van der Waals surface area (Å²) in [6.07, 6.45) is 0.937. The lowest BCUT2D eigenvalue weighted by Crippen LogP contribution is -2.48. The van der Waals surface area contributed by atoms with E-state index in [1.54, 1.807) is 7.05 Å². The predicted octanol–water partition coefficient (Wildman–Crippen LogP) is 3.07. The highest BCUT2D eigenvalue weighted by molar-refractivity contribution is 5.62. The van der Waals surface area contributed by atoms with Crippen LogP contribution < -0.4 is 10.2 Å². The summed E-state index contributed by atoms with van der Waals surface area (Å²) in [6.45, 7) is 2.28. The van der Waals surface area contributed by atoms with Crippen molar-refractivity contribution in [3.8, 4) is 0 Å². The van der Waals surface area contributed by atoms with Crippen molar-refractivity contribution in [1.29, 1.82) is 0 Å². The number of rotatable bonds is 5. The second-order valence-corrected chi connectivity index (χ2v) is 6.05. The number of aldehydes is 1. The summed E-state index contributed by atoms with van der Waals surface area (Å²) in [6, 6.07) is 11.7. The molecule has 4 nitrogen and oxygen atoms in total. The van der Waals surface area contributed by atoms with Crippen LogP contribution in [0.3, 0.4) is 0 Å². The fourth-order valence-electron chi connectivity index (χ4n) is 3.24. The van der Waals surface area contributed by atoms with Crippen molar-refractivity contribution in [3.05, 3.63) is 59.7 Å². The molecule has 1 heterocycles. The van der Waals surface area contributed by atoms with Gasteiger partial charge in [0.2, 0.25) is 0 Å². The van der Waals surface area contributed by atoms with E-state index in [0.29, 0.717) is 26.2 Å². The number of nitrogens with zero attached hydrogens (tertiary/aromatic N) is 2. The molecule has 1 atom stereocenters. The Kier molecular flexibility index (Phi) is 5.28. The average molecular weight is 345 g/mol. The van der Waals surface area contributed by atoms with E-state index < -0.39 is 11.6 Å². The Labute approximate surface area is 146 Å². The van der Waals surface area contributed by atoms with Gasteiger partial charge in [0, 0.05) is 45.4 Å². The van der Waals surface area contributed by atoms with E-state index in [2.05, 4.69) is 10.2 Å². The first kappa shape index (κ1) is 17.4. The zero-order valence-corrected chi connectivity index (χ0v) is 14.1. The topological polar surface area (TPSA) is 35.6 Å². The Morgan fingerprint density at radius 2 is 1.72 bits per heavy atom. The Morgan fingerprint density at radius 3 is 2.32 bits per heavy atom. The lowest BCUT2D eigenvalue weighted by molar-refractivity contribution is -0.112. The molecule has 0 spiro atoms. The van der Waals surface area contributed by atoms with Crippen molar-refractivity contribution in [1.82, 2.24) is 4.90 Å². The quantitative estimate of drug-likeness (QED) is 0.845. The number of hydrogen-bond acceptors (Lipinski definition) is 4. The van der Waals surface area contributed by atoms with Crippen LogP contribution >= 0.6 is 0 Å². The molecule has 1 unspecified atom stereocenters. The van der Waals surface area contributed by atoms with Gasteiger partial charge in [-0.25, -0.2) is 8.78 Å². The van der Waals surface area contributed by atoms with Crippen molar-refractivity contribution >= 4 is 17.7 Å². The van der Waals surface area contributed by atoms with Gasteiger partial charge in [-0.15, -0.1) is 0 Å². The molecule has 132 valence electrons. The standard InChI is InChI=1S/C19H21F2N3O/c1-22-17-11-16(21)18(12-15(17)20)23-7-9-24(10-8-23)19(13-25)14-5-3-2-4-6-14/h2-6,11-13,19,22H,7-10H2,1H3. The smallest absolute Gasteiger partial charge is 0.148 e. The fraction of sp³-hybridized carbons (Fsp3) is 0.316. The van der Waals surface area contributed by atoms with Crippen LogP contribution in [-0.4, -0.2) is 44.4 Å². The first-order valence-corrected chi connectivity index (χ1v) is 8.30. The average Bonchev–Trinajstić information content (AvgIpc) is 2.65. The highest BCUT2D eigenvalue weighted by atomic mass is 19.1. The first-order valence-electron chi connectivity index (χ1n) is 8.30. The van der Waals surface area contributed by atoms with Crippen LogP contribution in [0.15, 0.2) is 42.5 Å². The van der Waals surface area contributed by atoms with E-state index in [-0.39, 0.29) is 17.4 Å². The Bertz CT molecular complexity index is 731. The Morgan fingerprint density at radius 1 is 1.04 bits per heavy atom. The molecule has 0 saturated carbocycles. The number of carbonyl (C=O) groups excluding carboxylic acids is 1. The van der Waals surface area contributed by atoms with E-state index in [1.807, 2.05) is 35.2 Å². The number of benzene rings is 2. The molecular formula is C19H21F2N3O. The molecule has 6 heteroatoms. The SMILES string of the molecule is CNc1cc(F)c(N2CCN(C(C=O)c3ccccc3)CC2)cc1F. The summed E-state index contributed by atoms with van der Waals surface area (Å²) in [7, 11) is 1.56. The third kappa shape index (κ3) is 3.64. The lowest BCUT2D eigenvalue weighted by atomic mass is 10.1. The van der Waals surface area contributed by atoms with E-state index in [4.69, 9.17) is 0 Å². The molecule has 25 heavy (non-hydrogen) atoms. The number of nitrogens with one attached hydrogen (secondary N) is 1. The van der Waals surface area contributed by atoms with Gasteiger partial charge in [0.15, 0.2) is 0 Å². The van der Waals surface area contributed by atoms with Crippen LogP contribution in [0.25, 0.3) is 0 Å². The lowest BCUT2D eigenvalue weighted by Gasteiger charge is -2.38. The predicted molar refractivity (Wildman–Crippen MR) is 94.9 cm³/mol. The van der Waals surface area contributed by atoms with E-state index >= 15 is 0 Å². The van der Waals surface area contributed by atoms with Crippen molar-refractivity contribution < 1.29 is 13.6 Å². The number of carbonyl (C=O) groups is 1. The molecule has 1 saturated heterocycles. The van der Waals surface area contributed by atoms with Gasteiger partial charge in [0.25, 0.3) is 0 Å². The Balaban J connectivity index is 1.72. The second kappa shape index (κ2) is 7.61. The minimum atomic E-state index is -0.476. The van der Waals surface area contributed by atoms with Gasteiger partial charge in [-0.3, -0.25) is 4.90 Å². The van der Waals surface area contributed by atoms with Gasteiger partial charge in [0.05, 0.1) is 17.4 Å². The summed E-state index contributed by atoms with van der Waals surface area (Å²) in [4.78, 5) is 15.4. The third-order valence-electron chi connectivity index (χ3n) is 4.62. The van der Waals surface area contributed by atoms with Gasteiger partial charge >= 0.3 is 0 Å². The van der Waals surface area contributed by atoms with E-state index in [0.717, 1.165) is 11.8 Å². The summed E-state index contributed by atoms with van der Waals surface area (Å²) < 4.78 is 28.2. The van der Waals surface area contributed by atoms with Crippen molar-refractivity contribution in [2.75, 3.05) is 43.4 Å². The molecule has 0 aromatic heterocycles. The largest absolute Gasteiger partial charge is 0.386 e. The number of piperazine rings is 1. The molecule has 2 aromatic carbocycles. The molecule has 0 radical (unpaired) electrons. The van der Waals surface area contributed by atoms with Gasteiger partial charge < -0.3 is 15.0 Å². The summed E-state index contributed by atoms with van der Waals surface area (Å²) in [5, 5.41) is 2.63. The van der Waals surface area contributed by atoms with Gasteiger partial charge in [-0.1, -0.05) is 30.3 Å². The fourth-order valence-corrected chi connectivity index (χ4v) is 3.24. The highest BCUT2D eigenvalue weighted by Crippen LogP contribution is 2.28. The van der Waals surface area contributed by atoms with Crippen LogP contribution in [0.5, 0.6) is 0 Å². The maximum atomic E-state index is 14.3.